The number of nitrogens with zero attached hydrogens (tertiary/aromatic N) is 4. The van der Waals surface area contributed by atoms with Crippen molar-refractivity contribution >= 4 is 141 Å². The summed E-state index contributed by atoms with van der Waals surface area (Å²) >= 11 is 0. The number of azo groups is 2. The minimum absolute atomic E-state index is 0.00354. The predicted molar refractivity (Wildman–Crippen MR) is 283 cm³/mol. The number of nitrogens with one attached hydrogen (secondary N) is 4. The molecule has 9 aromatic carbocycles. The van der Waals surface area contributed by atoms with Gasteiger partial charge in [0.1, 0.15) is 31.0 Å². The third-order valence-electron chi connectivity index (χ3n) is 11.7. The number of amides is 4. The fourth-order valence-corrected chi connectivity index (χ4v) is 10.9. The summed E-state index contributed by atoms with van der Waals surface area (Å²) in [6.07, 6.45) is 0. The summed E-state index contributed by atoms with van der Waals surface area (Å²) in [6.45, 7) is 1.66. The van der Waals surface area contributed by atoms with Gasteiger partial charge in [-0.15, -0.1) is 20.5 Å². The van der Waals surface area contributed by atoms with E-state index in [4.69, 9.17) is 0 Å². The van der Waals surface area contributed by atoms with Crippen molar-refractivity contribution in [2.75, 3.05) is 21.3 Å². The third-order valence-corrected chi connectivity index (χ3v) is 15.3. The topological polar surface area (TPSA) is 390 Å². The highest BCUT2D eigenvalue weighted by Crippen LogP contribution is 2.45. The van der Waals surface area contributed by atoms with Crippen molar-refractivity contribution in [2.45, 2.75) is 26.5 Å². The number of phenols is 2. The minimum Gasteiger partial charge on any atom is -0.505 e. The zero-order chi connectivity index (χ0) is 55.4. The Balaban J connectivity index is 0.926. The zero-order valence-electron chi connectivity index (χ0n) is 39.0. The summed E-state index contributed by atoms with van der Waals surface area (Å²) in [5, 5.41) is 49.8. The van der Waals surface area contributed by atoms with Gasteiger partial charge in [-0.1, -0.05) is 66.7 Å². The number of phenolic OH excluding ortho intramolecular Hbond substituents is 2. The summed E-state index contributed by atoms with van der Waals surface area (Å²) in [5.41, 5.74) is -0.286. The SMILES string of the molecule is Cc1ccc(NC(=O)Nc2ccc3cc(S(=O)(=O)O)c(N=Nc4cccc5c(S(=O)(=O)O)cccc45)c(O)c3c2)cc1NC(=O)Nc1ccc2cc(S(=O)(=O)O)c(N=Nc3cccc4c(S(=O)(=O)O)cccc34)c(O)c2c1. The first-order chi connectivity index (χ1) is 36.2. The van der Waals surface area contributed by atoms with E-state index in [0.717, 1.165) is 24.3 Å². The Bertz CT molecular complexity index is 4560. The van der Waals surface area contributed by atoms with Gasteiger partial charge in [-0.3, -0.25) is 18.2 Å². The van der Waals surface area contributed by atoms with Crippen molar-refractivity contribution in [3.05, 3.63) is 145 Å². The number of carbonyl (C=O) groups is 2. The fourth-order valence-electron chi connectivity index (χ4n) is 8.20. The fraction of sp³-hybridized carbons (Fsp3) is 0.0204. The third kappa shape index (κ3) is 11.1. The smallest absolute Gasteiger partial charge is 0.323 e. The average Bonchev–Trinajstić information content (AvgIpc) is 3.43. The molecule has 0 radical (unpaired) electrons. The maximum absolute atomic E-state index is 13.4. The molecule has 4 amide bonds. The van der Waals surface area contributed by atoms with E-state index in [1.807, 2.05) is 0 Å². The van der Waals surface area contributed by atoms with Crippen LogP contribution in [0.4, 0.5) is 55.1 Å². The van der Waals surface area contributed by atoms with Gasteiger partial charge in [-0.25, -0.2) is 9.59 Å². The second-order valence-electron chi connectivity index (χ2n) is 16.8. The number of hydrogen-bond acceptors (Lipinski definition) is 16. The van der Waals surface area contributed by atoms with Gasteiger partial charge in [-0.05, 0) is 96.1 Å². The number of rotatable bonds is 12. The number of aryl methyl sites for hydroxylation is 1. The lowest BCUT2D eigenvalue weighted by Crippen LogP contribution is -2.21. The number of hydrogen-bond donors (Lipinski definition) is 10. The van der Waals surface area contributed by atoms with Gasteiger partial charge in [0.15, 0.2) is 11.5 Å². The molecule has 0 saturated carbocycles. The molecule has 0 saturated heterocycles. The van der Waals surface area contributed by atoms with Crippen molar-refractivity contribution in [1.82, 2.24) is 0 Å². The normalized spacial score (nSPS) is 12.5. The molecule has 24 nitrogen and oxygen atoms in total. The number of anilines is 4. The Morgan fingerprint density at radius 3 is 1.17 bits per heavy atom. The number of fused-ring (bicyclic) bond motifs is 4. The van der Waals surface area contributed by atoms with Crippen LogP contribution < -0.4 is 21.3 Å². The molecule has 0 unspecified atom stereocenters. The van der Waals surface area contributed by atoms with E-state index in [2.05, 4.69) is 41.7 Å². The first-order valence-electron chi connectivity index (χ1n) is 21.9. The van der Waals surface area contributed by atoms with Gasteiger partial charge in [0.25, 0.3) is 40.5 Å². The highest BCUT2D eigenvalue weighted by atomic mass is 32.2. The van der Waals surface area contributed by atoms with E-state index >= 15 is 0 Å². The Kier molecular flexibility index (Phi) is 13.7. The Labute approximate surface area is 435 Å². The summed E-state index contributed by atoms with van der Waals surface area (Å²) in [4.78, 5) is 24.2. The monoisotopic (exact) mass is 1120 g/mol. The number of benzene rings is 9. The summed E-state index contributed by atoms with van der Waals surface area (Å²) in [6, 6.07) is 29.3. The van der Waals surface area contributed by atoms with Crippen LogP contribution in [-0.4, -0.2) is 74.2 Å². The summed E-state index contributed by atoms with van der Waals surface area (Å²) in [7, 11) is -19.4. The molecule has 28 heteroatoms. The Hall–Kier alpha value is -9.00. The van der Waals surface area contributed by atoms with Crippen molar-refractivity contribution in [3.63, 3.8) is 0 Å². The molecular formula is C49H36N8O16S4. The molecule has 0 aromatic heterocycles. The lowest BCUT2D eigenvalue weighted by molar-refractivity contribution is 0.261. The van der Waals surface area contributed by atoms with E-state index in [1.165, 1.54) is 109 Å². The van der Waals surface area contributed by atoms with Crippen molar-refractivity contribution < 1.29 is 71.7 Å². The lowest BCUT2D eigenvalue weighted by atomic mass is 10.1. The number of carbonyl (C=O) groups excluding carboxylic acids is 2. The van der Waals surface area contributed by atoms with Crippen LogP contribution in [0.25, 0.3) is 43.1 Å². The average molecular weight is 1120 g/mol. The Morgan fingerprint density at radius 2 is 0.753 bits per heavy atom. The van der Waals surface area contributed by atoms with Gasteiger partial charge in [-0.2, -0.15) is 33.7 Å². The van der Waals surface area contributed by atoms with Gasteiger partial charge in [0.2, 0.25) is 0 Å². The molecule has 0 atom stereocenters. The van der Waals surface area contributed by atoms with Crippen LogP contribution in [0.1, 0.15) is 5.56 Å². The minimum atomic E-state index is -5.04. The maximum atomic E-state index is 13.4. The summed E-state index contributed by atoms with van der Waals surface area (Å²) < 4.78 is 138. The van der Waals surface area contributed by atoms with Gasteiger partial charge in [0.05, 0.1) is 11.4 Å². The van der Waals surface area contributed by atoms with E-state index in [9.17, 15) is 71.7 Å². The molecule has 0 spiro atoms. The van der Waals surface area contributed by atoms with E-state index in [0.29, 0.717) is 5.56 Å². The Morgan fingerprint density at radius 1 is 0.390 bits per heavy atom. The molecule has 9 rings (SSSR count). The molecule has 0 fully saturated rings. The van der Waals surface area contributed by atoms with Gasteiger partial charge >= 0.3 is 12.1 Å². The molecule has 0 bridgehead atoms. The largest absolute Gasteiger partial charge is 0.505 e. The molecule has 10 N–H and O–H groups in total. The first-order valence-corrected chi connectivity index (χ1v) is 27.6. The molecule has 77 heavy (non-hydrogen) atoms. The van der Waals surface area contributed by atoms with Crippen molar-refractivity contribution in [1.29, 1.82) is 0 Å². The van der Waals surface area contributed by atoms with E-state index in [-0.39, 0.29) is 77.2 Å². The van der Waals surface area contributed by atoms with Crippen molar-refractivity contribution in [3.8, 4) is 11.5 Å². The quantitative estimate of drug-likeness (QED) is 0.0401. The molecular weight excluding hydrogens is 1080 g/mol. The molecule has 0 aliphatic rings. The second kappa shape index (κ2) is 19.9. The van der Waals surface area contributed by atoms with Crippen LogP contribution in [-0.2, 0) is 40.5 Å². The first kappa shape index (κ1) is 52.8. The van der Waals surface area contributed by atoms with E-state index < -0.39 is 95.0 Å². The van der Waals surface area contributed by atoms with Crippen LogP contribution in [0.5, 0.6) is 11.5 Å². The number of aromatic hydroxyl groups is 2. The van der Waals surface area contributed by atoms with Crippen LogP contribution in [0, 0.1) is 6.92 Å². The second-order valence-corrected chi connectivity index (χ2v) is 22.3. The van der Waals surface area contributed by atoms with E-state index in [1.54, 1.807) is 13.0 Å². The standard InChI is InChI=1S/C49H36N8O16S4/c1-25-14-17-30(52-48(60)50-28-18-15-26-20-42(76(68,69)70)44(46(58)35(26)22-28)56-54-37-10-2-8-33-31(37)6-4-12-40(33)74(62,63)64)24-39(25)53-49(61)51-29-19-16-27-21-43(77(71,72)73)45(47(59)36(27)23-29)57-55-38-11-3-9-34-32(38)7-5-13-41(34)75(65,66)67/h2-24,58-59H,1H3,(H2,50,52,60)(H2,51,53,61)(H,62,63,64)(H,65,66,67)(H,68,69,70)(H,71,72,73). The molecule has 0 heterocycles. The van der Waals surface area contributed by atoms with Crippen LogP contribution in [0.2, 0.25) is 0 Å². The van der Waals surface area contributed by atoms with Gasteiger partial charge in [0, 0.05) is 55.1 Å². The number of urea groups is 2. The predicted octanol–water partition coefficient (Wildman–Crippen LogP) is 11.1. The molecule has 0 aliphatic carbocycles. The molecule has 0 aliphatic heterocycles. The van der Waals surface area contributed by atoms with Crippen LogP contribution in [0.3, 0.4) is 0 Å². The highest BCUT2D eigenvalue weighted by molar-refractivity contribution is 7.86. The lowest BCUT2D eigenvalue weighted by Gasteiger charge is -2.14. The summed E-state index contributed by atoms with van der Waals surface area (Å²) in [5.74, 6) is -1.54. The molecule has 392 valence electrons. The maximum Gasteiger partial charge on any atom is 0.323 e. The van der Waals surface area contributed by atoms with Gasteiger partial charge < -0.3 is 31.5 Å². The highest BCUT2D eigenvalue weighted by Gasteiger charge is 2.25. The van der Waals surface area contributed by atoms with Crippen LogP contribution in [0.15, 0.2) is 180 Å². The van der Waals surface area contributed by atoms with Crippen molar-refractivity contribution in [2.24, 2.45) is 20.5 Å². The zero-order valence-corrected chi connectivity index (χ0v) is 42.2. The molecule has 9 aromatic rings. The van der Waals surface area contributed by atoms with Crippen LogP contribution >= 0.6 is 0 Å².